The molecular weight excluding hydrogens is 412 g/mol. The van der Waals surface area contributed by atoms with Crippen LogP contribution in [0.15, 0.2) is 112 Å². The number of hydrogen-bond acceptors (Lipinski definition) is 5. The quantitative estimate of drug-likeness (QED) is 0.156. The Balaban J connectivity index is 1.63. The molecule has 0 fully saturated rings. The molecule has 5 nitrogen and oxygen atoms in total. The van der Waals surface area contributed by atoms with Crippen LogP contribution in [0.25, 0.3) is 0 Å². The fraction of sp³-hybridized carbons (Fsp3) is 0.120. The van der Waals surface area contributed by atoms with Crippen LogP contribution in [0.3, 0.4) is 0 Å². The predicted octanol–water partition coefficient (Wildman–Crippen LogP) is 5.42. The van der Waals surface area contributed by atoms with Crippen LogP contribution in [0, 0.1) is 0 Å². The molecule has 0 N–H and O–H groups in total. The smallest absolute Gasteiger partial charge is 0.459 e. The van der Waals surface area contributed by atoms with E-state index in [1.165, 1.54) is 9.79 Å². The first-order valence-corrected chi connectivity index (χ1v) is 10.9. The second-order valence-electron chi connectivity index (χ2n) is 6.52. The molecule has 0 unspecified atom stereocenters. The Morgan fingerprint density at radius 2 is 1.23 bits per heavy atom. The van der Waals surface area contributed by atoms with Gasteiger partial charge in [-0.1, -0.05) is 43.0 Å². The van der Waals surface area contributed by atoms with Gasteiger partial charge in [-0.05, 0) is 55.5 Å². The van der Waals surface area contributed by atoms with Crippen molar-refractivity contribution in [2.24, 2.45) is 0 Å². The topological polar surface area (TPSA) is 61.8 Å². The van der Waals surface area contributed by atoms with Crippen molar-refractivity contribution in [3.8, 4) is 5.75 Å². The maximum absolute atomic E-state index is 11.9. The fourth-order valence-electron chi connectivity index (χ4n) is 2.67. The van der Waals surface area contributed by atoms with Gasteiger partial charge in [-0.2, -0.15) is 0 Å². The standard InChI is InChI=1S/C25H23O5S/c1-19(2)24(26)28-17-18-29-25(27)30-20-13-15-23(16-14-20)31(21-9-5-3-6-10-21)22-11-7-4-8-12-22/h3-16H,1,17-18H2,2H3/q+1. The van der Waals surface area contributed by atoms with Crippen molar-refractivity contribution in [3.05, 3.63) is 97.1 Å². The average Bonchev–Trinajstić information content (AvgIpc) is 2.79. The summed E-state index contributed by atoms with van der Waals surface area (Å²) in [5.41, 5.74) is 0.285. The zero-order valence-corrected chi connectivity index (χ0v) is 18.0. The summed E-state index contributed by atoms with van der Waals surface area (Å²) in [5.74, 6) is -0.155. The normalized spacial score (nSPS) is 10.4. The predicted molar refractivity (Wildman–Crippen MR) is 119 cm³/mol. The molecule has 0 aliphatic heterocycles. The number of rotatable bonds is 8. The summed E-state index contributed by atoms with van der Waals surface area (Å²) >= 11 is 0. The van der Waals surface area contributed by atoms with Gasteiger partial charge in [-0.15, -0.1) is 0 Å². The van der Waals surface area contributed by atoms with Crippen molar-refractivity contribution < 1.29 is 23.8 Å². The lowest BCUT2D eigenvalue weighted by atomic mass is 10.3. The lowest BCUT2D eigenvalue weighted by Crippen LogP contribution is -2.16. The van der Waals surface area contributed by atoms with Gasteiger partial charge in [0.05, 0.1) is 10.9 Å². The van der Waals surface area contributed by atoms with Crippen molar-refractivity contribution in [2.45, 2.75) is 21.6 Å². The number of esters is 1. The van der Waals surface area contributed by atoms with Crippen molar-refractivity contribution in [3.63, 3.8) is 0 Å². The molecule has 0 aliphatic carbocycles. The molecule has 0 saturated carbocycles. The molecule has 0 atom stereocenters. The second kappa shape index (κ2) is 11.0. The minimum atomic E-state index is -0.857. The molecule has 0 amide bonds. The van der Waals surface area contributed by atoms with Gasteiger partial charge in [-0.25, -0.2) is 9.59 Å². The molecule has 0 spiro atoms. The molecule has 6 heteroatoms. The van der Waals surface area contributed by atoms with Crippen LogP contribution in [0.5, 0.6) is 5.75 Å². The van der Waals surface area contributed by atoms with Crippen LogP contribution >= 0.6 is 0 Å². The SMILES string of the molecule is C=C(C)C(=O)OCCOC(=O)Oc1ccc([S+](c2ccccc2)c2ccccc2)cc1. The zero-order chi connectivity index (χ0) is 22.1. The summed E-state index contributed by atoms with van der Waals surface area (Å²) in [6, 6.07) is 27.9. The molecule has 3 aromatic rings. The lowest BCUT2D eigenvalue weighted by molar-refractivity contribution is -0.140. The van der Waals surface area contributed by atoms with Crippen molar-refractivity contribution >= 4 is 23.0 Å². The fourth-order valence-corrected chi connectivity index (χ4v) is 4.76. The van der Waals surface area contributed by atoms with E-state index >= 15 is 0 Å². The van der Waals surface area contributed by atoms with Gasteiger partial charge in [0.25, 0.3) is 0 Å². The van der Waals surface area contributed by atoms with E-state index in [-0.39, 0.29) is 29.7 Å². The minimum absolute atomic E-state index is 0.0588. The largest absolute Gasteiger partial charge is 0.513 e. The second-order valence-corrected chi connectivity index (χ2v) is 8.55. The monoisotopic (exact) mass is 435 g/mol. The average molecular weight is 436 g/mol. The third kappa shape index (κ3) is 6.49. The summed E-state index contributed by atoms with van der Waals surface area (Å²) in [4.78, 5) is 26.6. The molecule has 0 saturated heterocycles. The van der Waals surface area contributed by atoms with E-state index in [1.807, 2.05) is 48.5 Å². The summed E-state index contributed by atoms with van der Waals surface area (Å²) in [5, 5.41) is 0. The van der Waals surface area contributed by atoms with E-state index in [9.17, 15) is 9.59 Å². The number of benzene rings is 3. The molecular formula is C25H23O5S+. The Kier molecular flexibility index (Phi) is 7.90. The van der Waals surface area contributed by atoms with E-state index in [0.717, 1.165) is 4.90 Å². The number of ether oxygens (including phenoxy) is 3. The third-order valence-electron chi connectivity index (χ3n) is 4.10. The Bertz CT molecular complexity index is 977. The van der Waals surface area contributed by atoms with Gasteiger partial charge >= 0.3 is 12.1 Å². The van der Waals surface area contributed by atoms with E-state index in [4.69, 9.17) is 14.2 Å². The Morgan fingerprint density at radius 3 is 1.74 bits per heavy atom. The first-order chi connectivity index (χ1) is 15.0. The molecule has 31 heavy (non-hydrogen) atoms. The zero-order valence-electron chi connectivity index (χ0n) is 17.2. The van der Waals surface area contributed by atoms with Crippen molar-refractivity contribution in [1.29, 1.82) is 0 Å². The lowest BCUT2D eigenvalue weighted by Gasteiger charge is -2.09. The van der Waals surface area contributed by atoms with Crippen LogP contribution in [0.4, 0.5) is 4.79 Å². The number of carbonyl (C=O) groups is 2. The third-order valence-corrected chi connectivity index (χ3v) is 6.33. The summed E-state index contributed by atoms with van der Waals surface area (Å²) in [7, 11) is -0.277. The Morgan fingerprint density at radius 1 is 0.742 bits per heavy atom. The highest BCUT2D eigenvalue weighted by molar-refractivity contribution is 7.97. The highest BCUT2D eigenvalue weighted by Crippen LogP contribution is 2.31. The Hall–Kier alpha value is -3.51. The molecule has 0 radical (unpaired) electrons. The molecule has 3 rings (SSSR count). The number of carbonyl (C=O) groups excluding carboxylic acids is 2. The highest BCUT2D eigenvalue weighted by Gasteiger charge is 2.28. The van der Waals surface area contributed by atoms with Crippen molar-refractivity contribution in [2.75, 3.05) is 13.2 Å². The molecule has 0 aliphatic rings. The molecule has 0 aromatic heterocycles. The first-order valence-electron chi connectivity index (χ1n) is 9.66. The summed E-state index contributed by atoms with van der Waals surface area (Å²) < 4.78 is 15.0. The minimum Gasteiger partial charge on any atom is -0.459 e. The van der Waals surface area contributed by atoms with Gasteiger partial charge in [0.2, 0.25) is 0 Å². The van der Waals surface area contributed by atoms with E-state index in [2.05, 4.69) is 30.8 Å². The summed E-state index contributed by atoms with van der Waals surface area (Å²) in [6.45, 7) is 4.87. The molecule has 0 bridgehead atoms. The Labute approximate surface area is 184 Å². The number of hydrogen-bond donors (Lipinski definition) is 0. The van der Waals surface area contributed by atoms with Crippen LogP contribution in [-0.4, -0.2) is 25.3 Å². The maximum atomic E-state index is 11.9. The van der Waals surface area contributed by atoms with E-state index < -0.39 is 12.1 Å². The van der Waals surface area contributed by atoms with Crippen LogP contribution in [0.1, 0.15) is 6.92 Å². The maximum Gasteiger partial charge on any atom is 0.513 e. The first kappa shape index (κ1) is 22.2. The van der Waals surface area contributed by atoms with Crippen LogP contribution in [-0.2, 0) is 25.2 Å². The molecule has 3 aromatic carbocycles. The van der Waals surface area contributed by atoms with Gasteiger partial charge in [0.1, 0.15) is 19.0 Å². The molecule has 0 heterocycles. The van der Waals surface area contributed by atoms with E-state index in [1.54, 1.807) is 19.1 Å². The molecule has 158 valence electrons. The highest BCUT2D eigenvalue weighted by atomic mass is 32.2. The van der Waals surface area contributed by atoms with Crippen LogP contribution in [0.2, 0.25) is 0 Å². The van der Waals surface area contributed by atoms with Gasteiger partial charge in [0, 0.05) is 5.57 Å². The van der Waals surface area contributed by atoms with Gasteiger partial charge in [0.15, 0.2) is 14.7 Å². The van der Waals surface area contributed by atoms with E-state index in [0.29, 0.717) is 5.75 Å². The van der Waals surface area contributed by atoms with Gasteiger partial charge < -0.3 is 14.2 Å². The van der Waals surface area contributed by atoms with Gasteiger partial charge in [-0.3, -0.25) is 0 Å². The van der Waals surface area contributed by atoms with Crippen LogP contribution < -0.4 is 4.74 Å². The van der Waals surface area contributed by atoms with Crippen molar-refractivity contribution in [1.82, 2.24) is 0 Å². The summed E-state index contributed by atoms with van der Waals surface area (Å²) in [6.07, 6.45) is -0.857.